The molecule has 2 aliphatic carbocycles. The minimum atomic E-state index is -0.0109. The van der Waals surface area contributed by atoms with Crippen molar-refractivity contribution in [3.63, 3.8) is 0 Å². The van der Waals surface area contributed by atoms with Crippen molar-refractivity contribution in [2.45, 2.75) is 24.9 Å². The minimum Gasteiger partial charge on any atom is -0.376 e. The lowest BCUT2D eigenvalue weighted by molar-refractivity contribution is -0.0603. The summed E-state index contributed by atoms with van der Waals surface area (Å²) in [6, 6.07) is 0. The van der Waals surface area contributed by atoms with Gasteiger partial charge in [-0.25, -0.2) is 0 Å². The molecular formula is C15H20O2. The Morgan fingerprint density at radius 3 is 3.29 bits per heavy atom. The van der Waals surface area contributed by atoms with Crippen LogP contribution in [0, 0.1) is 11.8 Å². The van der Waals surface area contributed by atoms with Crippen LogP contribution in [0.25, 0.3) is 0 Å². The number of ether oxygens (including phenoxy) is 2. The van der Waals surface area contributed by atoms with Gasteiger partial charge in [-0.15, -0.1) is 6.58 Å². The zero-order chi connectivity index (χ0) is 11.7. The van der Waals surface area contributed by atoms with Crippen LogP contribution in [0.3, 0.4) is 0 Å². The maximum atomic E-state index is 6.15. The Balaban J connectivity index is 1.63. The van der Waals surface area contributed by atoms with E-state index in [1.807, 2.05) is 6.08 Å². The summed E-state index contributed by atoms with van der Waals surface area (Å²) in [6.07, 6.45) is 12.1. The van der Waals surface area contributed by atoms with Crippen molar-refractivity contribution in [3.05, 3.63) is 36.5 Å². The summed E-state index contributed by atoms with van der Waals surface area (Å²) < 4.78 is 11.7. The summed E-state index contributed by atoms with van der Waals surface area (Å²) in [7, 11) is 0. The highest BCUT2D eigenvalue weighted by atomic mass is 16.5. The van der Waals surface area contributed by atoms with Crippen LogP contribution in [0.2, 0.25) is 0 Å². The Kier molecular flexibility index (Phi) is 2.93. The first-order chi connectivity index (χ1) is 8.34. The molecule has 1 saturated heterocycles. The molecule has 0 saturated carbocycles. The number of rotatable bonds is 5. The highest BCUT2D eigenvalue weighted by Gasteiger charge is 2.47. The molecule has 0 aromatic carbocycles. The van der Waals surface area contributed by atoms with E-state index in [0.29, 0.717) is 11.8 Å². The topological polar surface area (TPSA) is 18.5 Å². The van der Waals surface area contributed by atoms with Gasteiger partial charge < -0.3 is 9.47 Å². The van der Waals surface area contributed by atoms with E-state index in [2.05, 4.69) is 24.8 Å². The highest BCUT2D eigenvalue weighted by Crippen LogP contribution is 2.48. The Labute approximate surface area is 103 Å². The van der Waals surface area contributed by atoms with Crippen LogP contribution in [0.1, 0.15) is 19.3 Å². The van der Waals surface area contributed by atoms with Gasteiger partial charge in [-0.05, 0) is 24.8 Å². The molecule has 3 aliphatic rings. The summed E-state index contributed by atoms with van der Waals surface area (Å²) in [5.74, 6) is 1.08. The Hall–Kier alpha value is -0.860. The first-order valence-corrected chi connectivity index (χ1v) is 6.56. The van der Waals surface area contributed by atoms with E-state index in [1.165, 1.54) is 5.57 Å². The molecule has 1 fully saturated rings. The number of unbranched alkanes of at least 4 members (excludes halogenated alkanes) is 1. The summed E-state index contributed by atoms with van der Waals surface area (Å²) in [4.78, 5) is 0. The SMILES string of the molecule is C=CCCCOC12C=CC1C=C1COCC1C2. The van der Waals surface area contributed by atoms with E-state index in [-0.39, 0.29) is 5.60 Å². The third kappa shape index (κ3) is 1.90. The fourth-order valence-electron chi connectivity index (χ4n) is 3.05. The van der Waals surface area contributed by atoms with Crippen LogP contribution in [-0.4, -0.2) is 25.4 Å². The second-order valence-corrected chi connectivity index (χ2v) is 5.28. The standard InChI is InChI=1S/C15H20O2/c1-2-3-4-7-17-15-6-5-14(15)8-12-10-16-11-13(12)9-15/h2,5-6,8,13-14H,1,3-4,7,9-11H2. The summed E-state index contributed by atoms with van der Waals surface area (Å²) in [6.45, 7) is 6.29. The second kappa shape index (κ2) is 4.43. The van der Waals surface area contributed by atoms with Gasteiger partial charge in [0.1, 0.15) is 0 Å². The molecule has 3 atom stereocenters. The monoisotopic (exact) mass is 232 g/mol. The van der Waals surface area contributed by atoms with Gasteiger partial charge in [-0.2, -0.15) is 0 Å². The molecule has 0 amide bonds. The summed E-state index contributed by atoms with van der Waals surface area (Å²) >= 11 is 0. The molecule has 92 valence electrons. The third-order valence-electron chi connectivity index (χ3n) is 4.14. The lowest BCUT2D eigenvalue weighted by Crippen LogP contribution is -2.48. The molecule has 0 bridgehead atoms. The molecule has 17 heavy (non-hydrogen) atoms. The number of fused-ring (bicyclic) bond motifs is 2. The van der Waals surface area contributed by atoms with Gasteiger partial charge in [-0.3, -0.25) is 0 Å². The lowest BCUT2D eigenvalue weighted by Gasteiger charge is -2.46. The van der Waals surface area contributed by atoms with Crippen molar-refractivity contribution in [2.24, 2.45) is 11.8 Å². The Morgan fingerprint density at radius 1 is 1.59 bits per heavy atom. The average molecular weight is 232 g/mol. The predicted molar refractivity (Wildman–Crippen MR) is 67.8 cm³/mol. The smallest absolute Gasteiger partial charge is 0.0966 e. The van der Waals surface area contributed by atoms with Crippen molar-refractivity contribution >= 4 is 0 Å². The van der Waals surface area contributed by atoms with Gasteiger partial charge in [0.25, 0.3) is 0 Å². The second-order valence-electron chi connectivity index (χ2n) is 5.28. The van der Waals surface area contributed by atoms with Crippen molar-refractivity contribution in [1.82, 2.24) is 0 Å². The molecule has 1 heterocycles. The van der Waals surface area contributed by atoms with Crippen molar-refractivity contribution in [1.29, 1.82) is 0 Å². The molecule has 3 rings (SSSR count). The molecule has 1 aliphatic heterocycles. The van der Waals surface area contributed by atoms with Gasteiger partial charge in [0.2, 0.25) is 0 Å². The zero-order valence-electron chi connectivity index (χ0n) is 10.2. The van der Waals surface area contributed by atoms with E-state index < -0.39 is 0 Å². The molecular weight excluding hydrogens is 212 g/mol. The molecule has 0 spiro atoms. The van der Waals surface area contributed by atoms with Crippen LogP contribution < -0.4 is 0 Å². The number of hydrogen-bond donors (Lipinski definition) is 0. The molecule has 3 unspecified atom stereocenters. The van der Waals surface area contributed by atoms with Gasteiger partial charge in [0.05, 0.1) is 18.8 Å². The van der Waals surface area contributed by atoms with Gasteiger partial charge in [0.15, 0.2) is 0 Å². The maximum absolute atomic E-state index is 6.15. The number of hydrogen-bond acceptors (Lipinski definition) is 2. The fourth-order valence-corrected chi connectivity index (χ4v) is 3.05. The average Bonchev–Trinajstić information content (AvgIpc) is 2.75. The van der Waals surface area contributed by atoms with Crippen molar-refractivity contribution in [3.8, 4) is 0 Å². The molecule has 2 nitrogen and oxygen atoms in total. The third-order valence-corrected chi connectivity index (χ3v) is 4.14. The van der Waals surface area contributed by atoms with Crippen LogP contribution in [-0.2, 0) is 9.47 Å². The molecule has 0 N–H and O–H groups in total. The molecule has 2 heteroatoms. The van der Waals surface area contributed by atoms with E-state index in [1.54, 1.807) is 0 Å². The van der Waals surface area contributed by atoms with E-state index in [4.69, 9.17) is 9.47 Å². The predicted octanol–water partition coefficient (Wildman–Crippen LogP) is 2.87. The van der Waals surface area contributed by atoms with Crippen LogP contribution in [0.5, 0.6) is 0 Å². The zero-order valence-corrected chi connectivity index (χ0v) is 10.2. The Bertz CT molecular complexity index is 369. The van der Waals surface area contributed by atoms with Gasteiger partial charge in [0, 0.05) is 18.4 Å². The van der Waals surface area contributed by atoms with Crippen LogP contribution in [0.15, 0.2) is 36.5 Å². The Morgan fingerprint density at radius 2 is 2.53 bits per heavy atom. The highest BCUT2D eigenvalue weighted by molar-refractivity contribution is 5.35. The maximum Gasteiger partial charge on any atom is 0.0966 e. The first-order valence-electron chi connectivity index (χ1n) is 6.56. The molecule has 0 aromatic rings. The van der Waals surface area contributed by atoms with Crippen molar-refractivity contribution < 1.29 is 9.47 Å². The normalized spacial score (nSPS) is 38.0. The molecule has 0 aromatic heterocycles. The number of allylic oxidation sites excluding steroid dienone is 1. The van der Waals surface area contributed by atoms with Crippen LogP contribution in [0.4, 0.5) is 0 Å². The summed E-state index contributed by atoms with van der Waals surface area (Å²) in [5.41, 5.74) is 1.48. The van der Waals surface area contributed by atoms with Crippen molar-refractivity contribution in [2.75, 3.05) is 19.8 Å². The van der Waals surface area contributed by atoms with E-state index in [0.717, 1.165) is 39.1 Å². The van der Waals surface area contributed by atoms with Gasteiger partial charge in [-0.1, -0.05) is 24.3 Å². The first kappa shape index (κ1) is 11.2. The van der Waals surface area contributed by atoms with Crippen LogP contribution >= 0.6 is 0 Å². The lowest BCUT2D eigenvalue weighted by atomic mass is 9.66. The quantitative estimate of drug-likeness (QED) is 0.536. The van der Waals surface area contributed by atoms with Gasteiger partial charge >= 0.3 is 0 Å². The summed E-state index contributed by atoms with van der Waals surface area (Å²) in [5, 5.41) is 0. The minimum absolute atomic E-state index is 0.0109. The van der Waals surface area contributed by atoms with E-state index >= 15 is 0 Å². The van der Waals surface area contributed by atoms with E-state index in [9.17, 15) is 0 Å². The largest absolute Gasteiger partial charge is 0.376 e. The fraction of sp³-hybridized carbons (Fsp3) is 0.600. The molecule has 0 radical (unpaired) electrons.